The first-order valence-electron chi connectivity index (χ1n) is 7.60. The van der Waals surface area contributed by atoms with E-state index in [-0.39, 0.29) is 5.56 Å². The zero-order valence-corrected chi connectivity index (χ0v) is 12.1. The second-order valence-corrected chi connectivity index (χ2v) is 5.76. The standard InChI is InChI=1S/C16H17N5O/c22-15-9-13(16-11(19-15)6-3-7-17-16)18-14-8-12(20-21-14)10-4-1-2-5-10/h3,6-10H,1-2,4-5H2,(H3,18,19,20,21,22). The van der Waals surface area contributed by atoms with E-state index < -0.39 is 0 Å². The average Bonchev–Trinajstić information content (AvgIpc) is 3.17. The predicted molar refractivity (Wildman–Crippen MR) is 85.4 cm³/mol. The molecule has 6 nitrogen and oxygen atoms in total. The molecule has 3 aromatic rings. The molecule has 3 heterocycles. The molecule has 1 fully saturated rings. The van der Waals surface area contributed by atoms with Gasteiger partial charge in [0, 0.05) is 29.9 Å². The van der Waals surface area contributed by atoms with Crippen LogP contribution >= 0.6 is 0 Å². The highest BCUT2D eigenvalue weighted by Crippen LogP contribution is 2.34. The molecule has 6 heteroatoms. The lowest BCUT2D eigenvalue weighted by molar-refractivity contribution is 0.693. The number of aromatic amines is 2. The van der Waals surface area contributed by atoms with Gasteiger partial charge in [0.25, 0.3) is 5.56 Å². The van der Waals surface area contributed by atoms with Crippen LogP contribution in [0.3, 0.4) is 0 Å². The largest absolute Gasteiger partial charge is 0.337 e. The normalized spacial score (nSPS) is 15.5. The summed E-state index contributed by atoms with van der Waals surface area (Å²) in [7, 11) is 0. The van der Waals surface area contributed by atoms with Gasteiger partial charge in [-0.25, -0.2) is 0 Å². The third-order valence-electron chi connectivity index (χ3n) is 4.25. The van der Waals surface area contributed by atoms with Gasteiger partial charge >= 0.3 is 0 Å². The van der Waals surface area contributed by atoms with Gasteiger partial charge in [-0.3, -0.25) is 14.9 Å². The van der Waals surface area contributed by atoms with Crippen LogP contribution in [0.2, 0.25) is 0 Å². The van der Waals surface area contributed by atoms with Gasteiger partial charge in [0.15, 0.2) is 5.82 Å². The second-order valence-electron chi connectivity index (χ2n) is 5.76. The van der Waals surface area contributed by atoms with Crippen LogP contribution in [0.1, 0.15) is 37.3 Å². The topological polar surface area (TPSA) is 86.5 Å². The van der Waals surface area contributed by atoms with E-state index >= 15 is 0 Å². The van der Waals surface area contributed by atoms with Crippen molar-refractivity contribution < 1.29 is 0 Å². The number of anilines is 2. The van der Waals surface area contributed by atoms with E-state index in [1.54, 1.807) is 12.3 Å². The minimum absolute atomic E-state index is 0.158. The molecule has 0 atom stereocenters. The van der Waals surface area contributed by atoms with Crippen LogP contribution < -0.4 is 10.9 Å². The molecule has 112 valence electrons. The van der Waals surface area contributed by atoms with Gasteiger partial charge in [-0.1, -0.05) is 12.8 Å². The summed E-state index contributed by atoms with van der Waals surface area (Å²) >= 11 is 0. The van der Waals surface area contributed by atoms with Crippen molar-refractivity contribution in [3.63, 3.8) is 0 Å². The zero-order chi connectivity index (χ0) is 14.9. The quantitative estimate of drug-likeness (QED) is 0.693. The summed E-state index contributed by atoms with van der Waals surface area (Å²) in [4.78, 5) is 18.9. The van der Waals surface area contributed by atoms with Crippen molar-refractivity contribution in [2.24, 2.45) is 0 Å². The Balaban J connectivity index is 1.67. The molecule has 1 aliphatic carbocycles. The Morgan fingerprint density at radius 3 is 2.95 bits per heavy atom. The molecule has 0 aliphatic heterocycles. The molecule has 4 rings (SSSR count). The average molecular weight is 295 g/mol. The minimum Gasteiger partial charge on any atom is -0.337 e. The molecule has 22 heavy (non-hydrogen) atoms. The molecule has 0 saturated heterocycles. The van der Waals surface area contributed by atoms with Crippen molar-refractivity contribution in [1.82, 2.24) is 20.2 Å². The highest BCUT2D eigenvalue weighted by Gasteiger charge is 2.19. The molecule has 3 N–H and O–H groups in total. The van der Waals surface area contributed by atoms with E-state index in [1.807, 2.05) is 12.1 Å². The fourth-order valence-corrected chi connectivity index (χ4v) is 3.17. The van der Waals surface area contributed by atoms with Crippen molar-refractivity contribution in [2.45, 2.75) is 31.6 Å². The minimum atomic E-state index is -0.158. The van der Waals surface area contributed by atoms with Crippen LogP contribution in [0.4, 0.5) is 11.5 Å². The number of nitrogens with zero attached hydrogens (tertiary/aromatic N) is 2. The lowest BCUT2D eigenvalue weighted by Gasteiger charge is -2.06. The summed E-state index contributed by atoms with van der Waals surface area (Å²) < 4.78 is 0. The van der Waals surface area contributed by atoms with E-state index in [4.69, 9.17) is 0 Å². The van der Waals surface area contributed by atoms with Crippen LogP contribution in [-0.4, -0.2) is 20.2 Å². The Labute approximate surface area is 127 Å². The maximum absolute atomic E-state index is 11.8. The Hall–Kier alpha value is -2.63. The molecular formula is C16H17N5O. The number of aromatic nitrogens is 4. The number of hydrogen-bond donors (Lipinski definition) is 3. The molecule has 1 aliphatic rings. The molecule has 1 saturated carbocycles. The lowest BCUT2D eigenvalue weighted by atomic mass is 10.0. The van der Waals surface area contributed by atoms with Gasteiger partial charge in [0.1, 0.15) is 5.52 Å². The number of H-pyrrole nitrogens is 2. The predicted octanol–water partition coefficient (Wildman–Crippen LogP) is 3.05. The van der Waals surface area contributed by atoms with Gasteiger partial charge in [0.05, 0.1) is 11.2 Å². The number of pyridine rings is 2. The van der Waals surface area contributed by atoms with Gasteiger partial charge in [-0.15, -0.1) is 0 Å². The molecule has 3 aromatic heterocycles. The number of rotatable bonds is 3. The summed E-state index contributed by atoms with van der Waals surface area (Å²) in [5, 5.41) is 10.6. The highest BCUT2D eigenvalue weighted by molar-refractivity contribution is 5.88. The Bertz CT molecular complexity index is 860. The van der Waals surface area contributed by atoms with Crippen molar-refractivity contribution in [3.05, 3.63) is 46.5 Å². The van der Waals surface area contributed by atoms with E-state index in [9.17, 15) is 4.79 Å². The molecule has 0 radical (unpaired) electrons. The van der Waals surface area contributed by atoms with Crippen LogP contribution in [0.5, 0.6) is 0 Å². The van der Waals surface area contributed by atoms with Crippen molar-refractivity contribution >= 4 is 22.5 Å². The smallest absolute Gasteiger partial charge is 0.250 e. The maximum atomic E-state index is 11.8. The monoisotopic (exact) mass is 295 g/mol. The first-order chi connectivity index (χ1) is 10.8. The fourth-order valence-electron chi connectivity index (χ4n) is 3.17. The highest BCUT2D eigenvalue weighted by atomic mass is 16.1. The first-order valence-corrected chi connectivity index (χ1v) is 7.60. The zero-order valence-electron chi connectivity index (χ0n) is 12.1. The molecule has 0 unspecified atom stereocenters. The van der Waals surface area contributed by atoms with Crippen molar-refractivity contribution in [3.8, 4) is 0 Å². The summed E-state index contributed by atoms with van der Waals surface area (Å²) in [6.07, 6.45) is 6.72. The molecule has 0 bridgehead atoms. The third-order valence-corrected chi connectivity index (χ3v) is 4.25. The SMILES string of the molecule is O=c1cc(Nc2cc(C3CCCC3)[nH]n2)c2ncccc2[nH]1. The Morgan fingerprint density at radius 2 is 2.09 bits per heavy atom. The van der Waals surface area contributed by atoms with Gasteiger partial charge in [-0.2, -0.15) is 5.10 Å². The second kappa shape index (κ2) is 5.29. The third kappa shape index (κ3) is 2.36. The Kier molecular flexibility index (Phi) is 3.14. The fraction of sp³-hybridized carbons (Fsp3) is 0.312. The number of nitrogens with one attached hydrogen (secondary N) is 3. The lowest BCUT2D eigenvalue weighted by Crippen LogP contribution is -2.07. The first kappa shape index (κ1) is 13.1. The Morgan fingerprint density at radius 1 is 1.23 bits per heavy atom. The van der Waals surface area contributed by atoms with Crippen LogP contribution in [0, 0.1) is 0 Å². The molecular weight excluding hydrogens is 278 g/mol. The number of fused-ring (bicyclic) bond motifs is 1. The van der Waals surface area contributed by atoms with E-state index in [1.165, 1.54) is 37.4 Å². The summed E-state index contributed by atoms with van der Waals surface area (Å²) in [6, 6.07) is 7.18. The van der Waals surface area contributed by atoms with Gasteiger partial charge < -0.3 is 10.3 Å². The van der Waals surface area contributed by atoms with E-state index in [0.29, 0.717) is 17.1 Å². The molecule has 0 spiro atoms. The number of hydrogen-bond acceptors (Lipinski definition) is 4. The molecule has 0 aromatic carbocycles. The van der Waals surface area contributed by atoms with Crippen LogP contribution in [0.25, 0.3) is 11.0 Å². The summed E-state index contributed by atoms with van der Waals surface area (Å²) in [5.74, 6) is 1.30. The van der Waals surface area contributed by atoms with E-state index in [2.05, 4.69) is 25.5 Å². The molecule has 0 amide bonds. The van der Waals surface area contributed by atoms with Crippen molar-refractivity contribution in [1.29, 1.82) is 0 Å². The van der Waals surface area contributed by atoms with Gasteiger partial charge in [-0.05, 0) is 25.0 Å². The van der Waals surface area contributed by atoms with Crippen molar-refractivity contribution in [2.75, 3.05) is 5.32 Å². The van der Waals surface area contributed by atoms with E-state index in [0.717, 1.165) is 11.3 Å². The van der Waals surface area contributed by atoms with Gasteiger partial charge in [0.2, 0.25) is 0 Å². The summed E-state index contributed by atoms with van der Waals surface area (Å²) in [6.45, 7) is 0. The van der Waals surface area contributed by atoms with Crippen LogP contribution in [0.15, 0.2) is 35.3 Å². The maximum Gasteiger partial charge on any atom is 0.250 e. The summed E-state index contributed by atoms with van der Waals surface area (Å²) in [5.41, 5.74) is 3.12. The van der Waals surface area contributed by atoms with Crippen LogP contribution in [-0.2, 0) is 0 Å².